The number of rotatable bonds is 2. The Morgan fingerprint density at radius 1 is 1.07 bits per heavy atom. The average molecular weight is 196 g/mol. The van der Waals surface area contributed by atoms with Gasteiger partial charge in [0.25, 0.3) is 0 Å². The highest BCUT2D eigenvalue weighted by Gasteiger charge is 2.41. The van der Waals surface area contributed by atoms with Crippen molar-refractivity contribution in [3.8, 4) is 0 Å². The van der Waals surface area contributed by atoms with Gasteiger partial charge in [-0.05, 0) is 25.7 Å². The molecule has 2 aliphatic carbocycles. The highest BCUT2D eigenvalue weighted by atomic mass is 16.7. The van der Waals surface area contributed by atoms with Crippen molar-refractivity contribution in [1.82, 2.24) is 5.32 Å². The zero-order valence-electron chi connectivity index (χ0n) is 8.55. The first-order valence-electron chi connectivity index (χ1n) is 5.75. The van der Waals surface area contributed by atoms with Crippen molar-refractivity contribution in [3.05, 3.63) is 6.04 Å². The Morgan fingerprint density at radius 2 is 1.71 bits per heavy atom. The first kappa shape index (κ1) is 9.13. The molecule has 3 fully saturated rings. The number of ether oxygens (including phenoxy) is 2. The Labute approximate surface area is 85.1 Å². The van der Waals surface area contributed by atoms with E-state index in [1.807, 2.05) is 0 Å². The molecular weight excluding hydrogens is 178 g/mol. The molecule has 1 saturated heterocycles. The van der Waals surface area contributed by atoms with Gasteiger partial charge in [0.1, 0.15) is 0 Å². The molecule has 1 radical (unpaired) electrons. The highest BCUT2D eigenvalue weighted by molar-refractivity contribution is 5.04. The maximum Gasteiger partial charge on any atom is 0.168 e. The minimum absolute atomic E-state index is 0.188. The van der Waals surface area contributed by atoms with Crippen LogP contribution in [0.2, 0.25) is 0 Å². The topological polar surface area (TPSA) is 30.5 Å². The van der Waals surface area contributed by atoms with Gasteiger partial charge in [-0.3, -0.25) is 0 Å². The number of hydrogen-bond acceptors (Lipinski definition) is 3. The maximum absolute atomic E-state index is 5.69. The van der Waals surface area contributed by atoms with Crippen LogP contribution < -0.4 is 5.32 Å². The van der Waals surface area contributed by atoms with E-state index in [1.165, 1.54) is 25.7 Å². The SMILES string of the molecule is C1COC2(CCC(N[C]3CC3)CC2)O1. The first-order chi connectivity index (χ1) is 6.86. The Balaban J connectivity index is 1.50. The van der Waals surface area contributed by atoms with Crippen LogP contribution in [0.5, 0.6) is 0 Å². The standard InChI is InChI=1S/C11H18NO2/c1-2-9(1)12-10-3-5-11(6-4-10)13-7-8-14-11/h10,12H,1-8H2. The third kappa shape index (κ3) is 1.81. The molecule has 3 nitrogen and oxygen atoms in total. The van der Waals surface area contributed by atoms with Gasteiger partial charge in [-0.2, -0.15) is 0 Å². The van der Waals surface area contributed by atoms with Crippen molar-refractivity contribution in [2.45, 2.75) is 50.4 Å². The van der Waals surface area contributed by atoms with Crippen LogP contribution in [0.1, 0.15) is 38.5 Å². The van der Waals surface area contributed by atoms with Gasteiger partial charge in [-0.15, -0.1) is 0 Å². The second-order valence-electron chi connectivity index (χ2n) is 4.63. The summed E-state index contributed by atoms with van der Waals surface area (Å²) in [6.07, 6.45) is 7.13. The monoisotopic (exact) mass is 196 g/mol. The summed E-state index contributed by atoms with van der Waals surface area (Å²) in [5.74, 6) is -0.188. The lowest BCUT2D eigenvalue weighted by Gasteiger charge is -2.35. The fourth-order valence-electron chi connectivity index (χ4n) is 2.48. The quantitative estimate of drug-likeness (QED) is 0.727. The van der Waals surface area contributed by atoms with Crippen molar-refractivity contribution < 1.29 is 9.47 Å². The number of hydrogen-bond donors (Lipinski definition) is 1. The summed E-state index contributed by atoms with van der Waals surface area (Å²) >= 11 is 0. The molecule has 0 bridgehead atoms. The predicted molar refractivity (Wildman–Crippen MR) is 52.5 cm³/mol. The zero-order chi connectivity index (χ0) is 9.43. The smallest absolute Gasteiger partial charge is 0.168 e. The number of nitrogens with one attached hydrogen (secondary N) is 1. The van der Waals surface area contributed by atoms with Gasteiger partial charge in [-0.25, -0.2) is 0 Å². The normalized spacial score (nSPS) is 32.6. The molecular formula is C11H18NO2. The largest absolute Gasteiger partial charge is 0.348 e. The summed E-state index contributed by atoms with van der Waals surface area (Å²) in [6, 6.07) is 2.24. The van der Waals surface area contributed by atoms with E-state index in [2.05, 4.69) is 5.32 Å². The summed E-state index contributed by atoms with van der Waals surface area (Å²) in [5.41, 5.74) is 0. The van der Waals surface area contributed by atoms with E-state index in [1.54, 1.807) is 6.04 Å². The van der Waals surface area contributed by atoms with Gasteiger partial charge in [0.05, 0.1) is 13.2 Å². The van der Waals surface area contributed by atoms with Crippen molar-refractivity contribution in [2.75, 3.05) is 13.2 Å². The summed E-state index contributed by atoms with van der Waals surface area (Å²) in [5, 5.41) is 3.60. The zero-order valence-corrected chi connectivity index (χ0v) is 8.55. The fraction of sp³-hybridized carbons (Fsp3) is 0.909. The molecule has 0 atom stereocenters. The van der Waals surface area contributed by atoms with Gasteiger partial charge in [0.15, 0.2) is 5.79 Å². The molecule has 14 heavy (non-hydrogen) atoms. The minimum atomic E-state index is -0.188. The van der Waals surface area contributed by atoms with Gasteiger partial charge < -0.3 is 14.8 Å². The Hall–Kier alpha value is -0.120. The van der Waals surface area contributed by atoms with Crippen molar-refractivity contribution >= 4 is 0 Å². The Morgan fingerprint density at radius 3 is 2.29 bits per heavy atom. The minimum Gasteiger partial charge on any atom is -0.348 e. The average Bonchev–Trinajstić information content (AvgIpc) is 2.91. The van der Waals surface area contributed by atoms with Crippen LogP contribution >= 0.6 is 0 Å². The predicted octanol–water partition coefficient (Wildman–Crippen LogP) is 1.59. The van der Waals surface area contributed by atoms with Crippen LogP contribution in [-0.4, -0.2) is 25.0 Å². The molecule has 1 heterocycles. The molecule has 2 saturated carbocycles. The summed E-state index contributed by atoms with van der Waals surface area (Å²) in [7, 11) is 0. The van der Waals surface area contributed by atoms with Crippen molar-refractivity contribution in [1.29, 1.82) is 0 Å². The molecule has 3 aliphatic rings. The van der Waals surface area contributed by atoms with Crippen LogP contribution in [0, 0.1) is 6.04 Å². The lowest BCUT2D eigenvalue weighted by atomic mass is 9.90. The third-order valence-electron chi connectivity index (χ3n) is 3.47. The van der Waals surface area contributed by atoms with Crippen molar-refractivity contribution in [3.63, 3.8) is 0 Å². The molecule has 1 aliphatic heterocycles. The van der Waals surface area contributed by atoms with Crippen LogP contribution in [0.4, 0.5) is 0 Å². The molecule has 3 heteroatoms. The van der Waals surface area contributed by atoms with E-state index in [-0.39, 0.29) is 5.79 Å². The van der Waals surface area contributed by atoms with E-state index < -0.39 is 0 Å². The lowest BCUT2D eigenvalue weighted by molar-refractivity contribution is -0.179. The van der Waals surface area contributed by atoms with E-state index in [0.29, 0.717) is 6.04 Å². The molecule has 3 rings (SSSR count). The molecule has 79 valence electrons. The highest BCUT2D eigenvalue weighted by Crippen LogP contribution is 2.38. The van der Waals surface area contributed by atoms with E-state index >= 15 is 0 Å². The molecule has 1 N–H and O–H groups in total. The van der Waals surface area contributed by atoms with Gasteiger partial charge in [0, 0.05) is 24.9 Å². The first-order valence-corrected chi connectivity index (χ1v) is 5.75. The van der Waals surface area contributed by atoms with E-state index in [4.69, 9.17) is 9.47 Å². The summed E-state index contributed by atoms with van der Waals surface area (Å²) in [4.78, 5) is 0. The van der Waals surface area contributed by atoms with Crippen molar-refractivity contribution in [2.24, 2.45) is 0 Å². The summed E-state index contributed by atoms with van der Waals surface area (Å²) in [6.45, 7) is 1.57. The second kappa shape index (κ2) is 3.47. The van der Waals surface area contributed by atoms with E-state index in [0.717, 1.165) is 26.1 Å². The molecule has 0 amide bonds. The van der Waals surface area contributed by atoms with Crippen LogP contribution in [0.3, 0.4) is 0 Å². The molecule has 1 spiro atoms. The third-order valence-corrected chi connectivity index (χ3v) is 3.47. The molecule has 0 aromatic rings. The Kier molecular flexibility index (Phi) is 2.26. The van der Waals surface area contributed by atoms with E-state index in [9.17, 15) is 0 Å². The van der Waals surface area contributed by atoms with Crippen LogP contribution in [-0.2, 0) is 9.47 Å². The molecule has 0 aromatic heterocycles. The van der Waals surface area contributed by atoms with Gasteiger partial charge in [-0.1, -0.05) is 0 Å². The Bertz CT molecular complexity index is 199. The summed E-state index contributed by atoms with van der Waals surface area (Å²) < 4.78 is 11.4. The van der Waals surface area contributed by atoms with Crippen LogP contribution in [0.15, 0.2) is 0 Å². The second-order valence-corrected chi connectivity index (χ2v) is 4.63. The van der Waals surface area contributed by atoms with Gasteiger partial charge in [0.2, 0.25) is 0 Å². The fourth-order valence-corrected chi connectivity index (χ4v) is 2.48. The molecule has 0 aromatic carbocycles. The maximum atomic E-state index is 5.69. The van der Waals surface area contributed by atoms with Crippen LogP contribution in [0.25, 0.3) is 0 Å². The van der Waals surface area contributed by atoms with Gasteiger partial charge >= 0.3 is 0 Å². The molecule has 0 unspecified atom stereocenters. The lowest BCUT2D eigenvalue weighted by Crippen LogP contribution is -2.41.